The number of hydrazine groups is 1. The minimum atomic E-state index is 0.624. The minimum absolute atomic E-state index is 0.624. The van der Waals surface area contributed by atoms with Gasteiger partial charge in [0.05, 0.1) is 18.1 Å². The lowest BCUT2D eigenvalue weighted by Gasteiger charge is -2.02. The molecule has 0 unspecified atom stereocenters. The van der Waals surface area contributed by atoms with E-state index in [9.17, 15) is 0 Å². The van der Waals surface area contributed by atoms with Crippen molar-refractivity contribution in [1.82, 2.24) is 14.8 Å². The number of rotatable bonds is 3. The zero-order valence-corrected chi connectivity index (χ0v) is 10.2. The summed E-state index contributed by atoms with van der Waals surface area (Å²) in [4.78, 5) is 4.16. The lowest BCUT2D eigenvalue weighted by atomic mass is 10.1. The van der Waals surface area contributed by atoms with Gasteiger partial charge < -0.3 is 5.43 Å². The van der Waals surface area contributed by atoms with Crippen LogP contribution in [-0.4, -0.2) is 14.8 Å². The molecule has 2 heterocycles. The van der Waals surface area contributed by atoms with Crippen molar-refractivity contribution in [2.75, 3.05) is 5.43 Å². The van der Waals surface area contributed by atoms with E-state index in [1.54, 1.807) is 16.9 Å². The van der Waals surface area contributed by atoms with Gasteiger partial charge in [-0.1, -0.05) is 30.3 Å². The SMILES string of the molecule is NNc1ccc(-n2cc(-c3ccccc3)cn2)cn1. The van der Waals surface area contributed by atoms with E-state index in [2.05, 4.69) is 27.6 Å². The van der Waals surface area contributed by atoms with E-state index < -0.39 is 0 Å². The van der Waals surface area contributed by atoms with E-state index in [0.29, 0.717) is 5.82 Å². The number of aromatic nitrogens is 3. The fourth-order valence-electron chi connectivity index (χ4n) is 1.85. The Morgan fingerprint density at radius 2 is 1.79 bits per heavy atom. The Morgan fingerprint density at radius 1 is 0.947 bits per heavy atom. The zero-order chi connectivity index (χ0) is 13.1. The van der Waals surface area contributed by atoms with Crippen molar-refractivity contribution in [3.8, 4) is 16.8 Å². The average molecular weight is 251 g/mol. The molecule has 0 aliphatic carbocycles. The van der Waals surface area contributed by atoms with E-state index in [0.717, 1.165) is 16.8 Å². The molecule has 1 aromatic carbocycles. The summed E-state index contributed by atoms with van der Waals surface area (Å²) in [5, 5.41) is 4.34. The second-order valence-electron chi connectivity index (χ2n) is 4.09. The summed E-state index contributed by atoms with van der Waals surface area (Å²) < 4.78 is 1.79. The summed E-state index contributed by atoms with van der Waals surface area (Å²) >= 11 is 0. The fourth-order valence-corrected chi connectivity index (χ4v) is 1.85. The van der Waals surface area contributed by atoms with Crippen molar-refractivity contribution in [2.45, 2.75) is 0 Å². The number of anilines is 1. The molecule has 19 heavy (non-hydrogen) atoms. The highest BCUT2D eigenvalue weighted by Gasteiger charge is 2.03. The quantitative estimate of drug-likeness (QED) is 0.553. The van der Waals surface area contributed by atoms with Gasteiger partial charge in [-0.15, -0.1) is 0 Å². The maximum atomic E-state index is 5.28. The molecule has 5 nitrogen and oxygen atoms in total. The molecule has 0 aliphatic heterocycles. The fraction of sp³-hybridized carbons (Fsp3) is 0. The molecule has 0 radical (unpaired) electrons. The number of benzene rings is 1. The van der Waals surface area contributed by atoms with Gasteiger partial charge in [0, 0.05) is 11.8 Å². The highest BCUT2D eigenvalue weighted by atomic mass is 15.3. The summed E-state index contributed by atoms with van der Waals surface area (Å²) in [6, 6.07) is 13.8. The maximum absolute atomic E-state index is 5.28. The van der Waals surface area contributed by atoms with Gasteiger partial charge in [-0.3, -0.25) is 0 Å². The van der Waals surface area contributed by atoms with Crippen LogP contribution in [0.2, 0.25) is 0 Å². The highest BCUT2D eigenvalue weighted by molar-refractivity contribution is 5.62. The van der Waals surface area contributed by atoms with Crippen LogP contribution < -0.4 is 11.3 Å². The van der Waals surface area contributed by atoms with E-state index in [1.807, 2.05) is 36.7 Å². The number of nitrogens with zero attached hydrogens (tertiary/aromatic N) is 3. The van der Waals surface area contributed by atoms with Crippen LogP contribution >= 0.6 is 0 Å². The Bertz CT molecular complexity index is 658. The largest absolute Gasteiger partial charge is 0.308 e. The topological polar surface area (TPSA) is 68.8 Å². The van der Waals surface area contributed by atoms with Crippen LogP contribution in [0.15, 0.2) is 61.1 Å². The first kappa shape index (κ1) is 11.4. The molecule has 0 bridgehead atoms. The van der Waals surface area contributed by atoms with Gasteiger partial charge >= 0.3 is 0 Å². The molecule has 94 valence electrons. The van der Waals surface area contributed by atoms with Gasteiger partial charge in [-0.2, -0.15) is 5.10 Å². The normalized spacial score (nSPS) is 10.4. The van der Waals surface area contributed by atoms with Gasteiger partial charge in [-0.25, -0.2) is 15.5 Å². The van der Waals surface area contributed by atoms with Crippen molar-refractivity contribution in [3.63, 3.8) is 0 Å². The maximum Gasteiger partial charge on any atom is 0.140 e. The van der Waals surface area contributed by atoms with Gasteiger partial charge in [0.25, 0.3) is 0 Å². The van der Waals surface area contributed by atoms with Crippen molar-refractivity contribution in [2.24, 2.45) is 5.84 Å². The standard InChI is InChI=1S/C14H13N5/c15-18-14-7-6-13(9-16-14)19-10-12(8-17-19)11-4-2-1-3-5-11/h1-10H,15H2,(H,16,18). The lowest BCUT2D eigenvalue weighted by molar-refractivity contribution is 0.874. The smallest absolute Gasteiger partial charge is 0.140 e. The molecule has 0 amide bonds. The van der Waals surface area contributed by atoms with Gasteiger partial charge in [0.1, 0.15) is 5.82 Å². The van der Waals surface area contributed by atoms with Crippen LogP contribution in [0.5, 0.6) is 0 Å². The molecule has 0 fully saturated rings. The predicted octanol–water partition coefficient (Wildman–Crippen LogP) is 2.22. The second-order valence-corrected chi connectivity index (χ2v) is 4.09. The van der Waals surface area contributed by atoms with Crippen LogP contribution in [0.1, 0.15) is 0 Å². The van der Waals surface area contributed by atoms with Crippen LogP contribution in [0.3, 0.4) is 0 Å². The number of hydrogen-bond acceptors (Lipinski definition) is 4. The highest BCUT2D eigenvalue weighted by Crippen LogP contribution is 2.19. The molecule has 2 aromatic heterocycles. The van der Waals surface area contributed by atoms with E-state index in [4.69, 9.17) is 5.84 Å². The lowest BCUT2D eigenvalue weighted by Crippen LogP contribution is -2.08. The summed E-state index contributed by atoms with van der Waals surface area (Å²) in [6.07, 6.45) is 5.53. The van der Waals surface area contributed by atoms with Crippen molar-refractivity contribution in [1.29, 1.82) is 0 Å². The van der Waals surface area contributed by atoms with Crippen LogP contribution in [-0.2, 0) is 0 Å². The Labute approximate surface area is 110 Å². The first-order valence-corrected chi connectivity index (χ1v) is 5.90. The van der Waals surface area contributed by atoms with E-state index in [-0.39, 0.29) is 0 Å². The molecular formula is C14H13N5. The predicted molar refractivity (Wildman–Crippen MR) is 74.6 cm³/mol. The van der Waals surface area contributed by atoms with Gasteiger partial charge in [-0.05, 0) is 17.7 Å². The Morgan fingerprint density at radius 3 is 2.47 bits per heavy atom. The van der Waals surface area contributed by atoms with Crippen LogP contribution in [0, 0.1) is 0 Å². The number of pyridine rings is 1. The molecule has 5 heteroatoms. The van der Waals surface area contributed by atoms with E-state index in [1.165, 1.54) is 0 Å². The summed E-state index contributed by atoms with van der Waals surface area (Å²) in [5.74, 6) is 5.91. The minimum Gasteiger partial charge on any atom is -0.308 e. The van der Waals surface area contributed by atoms with Crippen LogP contribution in [0.4, 0.5) is 5.82 Å². The molecule has 0 saturated carbocycles. The molecule has 3 N–H and O–H groups in total. The van der Waals surface area contributed by atoms with Crippen LogP contribution in [0.25, 0.3) is 16.8 Å². The average Bonchev–Trinajstić information content (AvgIpc) is 2.98. The monoisotopic (exact) mass is 251 g/mol. The summed E-state index contributed by atoms with van der Waals surface area (Å²) in [7, 11) is 0. The number of hydrogen-bond donors (Lipinski definition) is 2. The number of nitrogen functional groups attached to an aromatic ring is 1. The van der Waals surface area contributed by atoms with Gasteiger partial charge in [0.2, 0.25) is 0 Å². The van der Waals surface area contributed by atoms with Crippen molar-refractivity contribution >= 4 is 5.82 Å². The first-order chi connectivity index (χ1) is 9.36. The third kappa shape index (κ3) is 2.31. The second kappa shape index (κ2) is 4.91. The zero-order valence-electron chi connectivity index (χ0n) is 10.2. The molecule has 0 aliphatic rings. The molecule has 0 saturated heterocycles. The molecule has 0 atom stereocenters. The molecular weight excluding hydrogens is 238 g/mol. The molecule has 3 rings (SSSR count). The third-order valence-corrected chi connectivity index (χ3v) is 2.85. The third-order valence-electron chi connectivity index (χ3n) is 2.85. The summed E-state index contributed by atoms with van der Waals surface area (Å²) in [5.41, 5.74) is 5.60. The first-order valence-electron chi connectivity index (χ1n) is 5.90. The Kier molecular flexibility index (Phi) is 2.96. The summed E-state index contributed by atoms with van der Waals surface area (Å²) in [6.45, 7) is 0. The van der Waals surface area contributed by atoms with Crippen molar-refractivity contribution in [3.05, 3.63) is 61.1 Å². The van der Waals surface area contributed by atoms with E-state index >= 15 is 0 Å². The van der Waals surface area contributed by atoms with Gasteiger partial charge in [0.15, 0.2) is 0 Å². The Hall–Kier alpha value is -2.66. The number of nitrogens with one attached hydrogen (secondary N) is 1. The molecule has 3 aromatic rings. The van der Waals surface area contributed by atoms with Crippen molar-refractivity contribution < 1.29 is 0 Å². The number of nitrogens with two attached hydrogens (primary N) is 1. The molecule has 0 spiro atoms. The Balaban J connectivity index is 1.92.